The van der Waals surface area contributed by atoms with Gasteiger partial charge in [0.2, 0.25) is 0 Å². The maximum absolute atomic E-state index is 4.71. The SMILES string of the molecule is CC(C)c1cc(C(C)(C)CC(C)c2ccn(C(C)C)n2)[nH]n1. The van der Waals surface area contributed by atoms with E-state index in [0.717, 1.165) is 12.1 Å². The van der Waals surface area contributed by atoms with Crippen molar-refractivity contribution >= 4 is 0 Å². The summed E-state index contributed by atoms with van der Waals surface area (Å²) in [6.45, 7) is 15.5. The molecule has 122 valence electrons. The minimum absolute atomic E-state index is 0.0567. The zero-order valence-electron chi connectivity index (χ0n) is 15.0. The molecule has 0 saturated heterocycles. The number of hydrogen-bond acceptors (Lipinski definition) is 2. The van der Waals surface area contributed by atoms with Crippen LogP contribution in [0.25, 0.3) is 0 Å². The number of aromatic amines is 1. The highest BCUT2D eigenvalue weighted by atomic mass is 15.3. The van der Waals surface area contributed by atoms with Gasteiger partial charge in [0.25, 0.3) is 0 Å². The van der Waals surface area contributed by atoms with Crippen molar-refractivity contribution in [2.75, 3.05) is 0 Å². The first kappa shape index (κ1) is 16.8. The van der Waals surface area contributed by atoms with Crippen LogP contribution in [-0.2, 0) is 5.41 Å². The van der Waals surface area contributed by atoms with Crippen LogP contribution in [0, 0.1) is 0 Å². The summed E-state index contributed by atoms with van der Waals surface area (Å²) in [5.41, 5.74) is 3.58. The normalized spacial score (nSPS) is 14.0. The minimum Gasteiger partial charge on any atom is -0.282 e. The molecule has 2 aromatic rings. The van der Waals surface area contributed by atoms with E-state index in [1.807, 2.05) is 4.68 Å². The van der Waals surface area contributed by atoms with Crippen molar-refractivity contribution in [3.8, 4) is 0 Å². The molecule has 22 heavy (non-hydrogen) atoms. The van der Waals surface area contributed by atoms with E-state index in [4.69, 9.17) is 5.10 Å². The standard InChI is InChI=1S/C18H30N4/c1-12(2)16-10-17(20-19-16)18(6,7)11-14(5)15-8-9-22(21-15)13(3)4/h8-10,12-14H,11H2,1-7H3,(H,19,20). The lowest BCUT2D eigenvalue weighted by atomic mass is 9.79. The van der Waals surface area contributed by atoms with E-state index in [0.29, 0.717) is 17.9 Å². The Kier molecular flexibility index (Phi) is 4.78. The highest BCUT2D eigenvalue weighted by molar-refractivity contribution is 5.21. The molecule has 2 rings (SSSR count). The summed E-state index contributed by atoms with van der Waals surface area (Å²) in [4.78, 5) is 0. The smallest absolute Gasteiger partial charge is 0.0653 e. The molecule has 0 spiro atoms. The second-order valence-electron chi connectivity index (χ2n) is 7.66. The quantitative estimate of drug-likeness (QED) is 0.834. The molecule has 0 aliphatic rings. The highest BCUT2D eigenvalue weighted by Crippen LogP contribution is 2.34. The van der Waals surface area contributed by atoms with E-state index >= 15 is 0 Å². The van der Waals surface area contributed by atoms with Crippen LogP contribution in [0.4, 0.5) is 0 Å². The molecule has 0 radical (unpaired) electrons. The summed E-state index contributed by atoms with van der Waals surface area (Å²) in [6.07, 6.45) is 3.12. The maximum atomic E-state index is 4.71. The summed E-state index contributed by atoms with van der Waals surface area (Å²) in [6, 6.07) is 4.77. The van der Waals surface area contributed by atoms with Crippen LogP contribution in [0.3, 0.4) is 0 Å². The fourth-order valence-electron chi connectivity index (χ4n) is 2.86. The molecular formula is C18H30N4. The van der Waals surface area contributed by atoms with Crippen molar-refractivity contribution in [2.45, 2.75) is 78.2 Å². The number of rotatable bonds is 6. The van der Waals surface area contributed by atoms with Gasteiger partial charge in [-0.3, -0.25) is 9.78 Å². The average Bonchev–Trinajstić information content (AvgIpc) is 3.08. The summed E-state index contributed by atoms with van der Waals surface area (Å²) in [5.74, 6) is 0.876. The number of hydrogen-bond donors (Lipinski definition) is 1. The van der Waals surface area contributed by atoms with Crippen molar-refractivity contribution in [3.63, 3.8) is 0 Å². The van der Waals surface area contributed by atoms with Gasteiger partial charge in [0.15, 0.2) is 0 Å². The van der Waals surface area contributed by atoms with E-state index in [1.165, 1.54) is 11.4 Å². The lowest BCUT2D eigenvalue weighted by molar-refractivity contribution is 0.417. The number of nitrogens with one attached hydrogen (secondary N) is 1. The second kappa shape index (κ2) is 6.27. The maximum Gasteiger partial charge on any atom is 0.0653 e. The first-order chi connectivity index (χ1) is 10.2. The van der Waals surface area contributed by atoms with Crippen LogP contribution >= 0.6 is 0 Å². The third-order valence-corrected chi connectivity index (χ3v) is 4.40. The van der Waals surface area contributed by atoms with Crippen LogP contribution in [0.2, 0.25) is 0 Å². The second-order valence-corrected chi connectivity index (χ2v) is 7.66. The molecule has 1 N–H and O–H groups in total. The molecule has 0 aliphatic heterocycles. The fraction of sp³-hybridized carbons (Fsp3) is 0.667. The van der Waals surface area contributed by atoms with Gasteiger partial charge in [0.1, 0.15) is 0 Å². The molecule has 2 heterocycles. The summed E-state index contributed by atoms with van der Waals surface area (Å²) >= 11 is 0. The molecule has 2 aromatic heterocycles. The Balaban J connectivity index is 2.12. The zero-order chi connectivity index (χ0) is 16.5. The Morgan fingerprint density at radius 3 is 2.32 bits per heavy atom. The Morgan fingerprint density at radius 2 is 1.82 bits per heavy atom. The summed E-state index contributed by atoms with van der Waals surface area (Å²) in [7, 11) is 0. The van der Waals surface area contributed by atoms with Crippen molar-refractivity contribution in [2.24, 2.45) is 0 Å². The van der Waals surface area contributed by atoms with Crippen LogP contribution in [-0.4, -0.2) is 20.0 Å². The van der Waals surface area contributed by atoms with Crippen LogP contribution in [0.1, 0.15) is 89.8 Å². The summed E-state index contributed by atoms with van der Waals surface area (Å²) < 4.78 is 2.03. The number of aromatic nitrogens is 4. The Labute approximate surface area is 134 Å². The van der Waals surface area contributed by atoms with Crippen LogP contribution in [0.15, 0.2) is 18.3 Å². The Morgan fingerprint density at radius 1 is 1.14 bits per heavy atom. The van der Waals surface area contributed by atoms with E-state index in [2.05, 4.69) is 77.0 Å². The van der Waals surface area contributed by atoms with Crippen molar-refractivity contribution in [1.29, 1.82) is 0 Å². The minimum atomic E-state index is 0.0567. The molecule has 1 atom stereocenters. The van der Waals surface area contributed by atoms with E-state index < -0.39 is 0 Å². The van der Waals surface area contributed by atoms with Gasteiger partial charge in [0.05, 0.1) is 11.4 Å². The van der Waals surface area contributed by atoms with Gasteiger partial charge in [-0.2, -0.15) is 10.2 Å². The Bertz CT molecular complexity index is 604. The molecular weight excluding hydrogens is 272 g/mol. The number of nitrogens with zero attached hydrogens (tertiary/aromatic N) is 3. The van der Waals surface area contributed by atoms with Crippen LogP contribution < -0.4 is 0 Å². The Hall–Kier alpha value is -1.58. The third-order valence-electron chi connectivity index (χ3n) is 4.40. The van der Waals surface area contributed by atoms with Crippen molar-refractivity contribution in [1.82, 2.24) is 20.0 Å². The third kappa shape index (κ3) is 3.60. The van der Waals surface area contributed by atoms with Gasteiger partial charge in [0, 0.05) is 29.3 Å². The summed E-state index contributed by atoms with van der Waals surface area (Å²) in [5, 5.41) is 12.4. The molecule has 4 nitrogen and oxygen atoms in total. The van der Waals surface area contributed by atoms with Gasteiger partial charge >= 0.3 is 0 Å². The van der Waals surface area contributed by atoms with E-state index in [9.17, 15) is 0 Å². The molecule has 0 fully saturated rings. The monoisotopic (exact) mass is 302 g/mol. The predicted octanol–water partition coefficient (Wildman–Crippen LogP) is 4.78. The van der Waals surface area contributed by atoms with Gasteiger partial charge in [-0.05, 0) is 38.3 Å². The fourth-order valence-corrected chi connectivity index (χ4v) is 2.86. The van der Waals surface area contributed by atoms with Gasteiger partial charge in [-0.25, -0.2) is 0 Å². The molecule has 4 heteroatoms. The molecule has 0 saturated carbocycles. The van der Waals surface area contributed by atoms with Crippen molar-refractivity contribution in [3.05, 3.63) is 35.4 Å². The highest BCUT2D eigenvalue weighted by Gasteiger charge is 2.27. The first-order valence-corrected chi connectivity index (χ1v) is 8.31. The topological polar surface area (TPSA) is 46.5 Å². The molecule has 0 aliphatic carbocycles. The first-order valence-electron chi connectivity index (χ1n) is 8.31. The molecule has 1 unspecified atom stereocenters. The lowest BCUT2D eigenvalue weighted by Gasteiger charge is -2.26. The van der Waals surface area contributed by atoms with Crippen molar-refractivity contribution < 1.29 is 0 Å². The average molecular weight is 302 g/mol. The van der Waals surface area contributed by atoms with E-state index in [-0.39, 0.29) is 5.41 Å². The molecule has 0 aromatic carbocycles. The van der Waals surface area contributed by atoms with Gasteiger partial charge in [-0.15, -0.1) is 0 Å². The number of H-pyrrole nitrogens is 1. The lowest BCUT2D eigenvalue weighted by Crippen LogP contribution is -2.21. The van der Waals surface area contributed by atoms with Gasteiger partial charge in [-0.1, -0.05) is 34.6 Å². The largest absolute Gasteiger partial charge is 0.282 e. The molecule has 0 amide bonds. The predicted molar refractivity (Wildman–Crippen MR) is 91.3 cm³/mol. The zero-order valence-corrected chi connectivity index (χ0v) is 15.0. The molecule has 0 bridgehead atoms. The van der Waals surface area contributed by atoms with Gasteiger partial charge < -0.3 is 0 Å². The van der Waals surface area contributed by atoms with Crippen LogP contribution in [0.5, 0.6) is 0 Å². The van der Waals surface area contributed by atoms with E-state index in [1.54, 1.807) is 0 Å².